The first-order valence-electron chi connectivity index (χ1n) is 9.29. The van der Waals surface area contributed by atoms with Crippen molar-refractivity contribution < 1.29 is 4.79 Å². The molecule has 0 aliphatic heterocycles. The van der Waals surface area contributed by atoms with E-state index in [1.165, 1.54) is 19.3 Å². The monoisotopic (exact) mass is 347 g/mol. The fourth-order valence-corrected chi connectivity index (χ4v) is 3.50. The lowest BCUT2D eigenvalue weighted by molar-refractivity contribution is 0.102. The molecule has 0 radical (unpaired) electrons. The second kappa shape index (κ2) is 6.12. The van der Waals surface area contributed by atoms with Gasteiger partial charge in [-0.1, -0.05) is 30.3 Å². The van der Waals surface area contributed by atoms with Crippen molar-refractivity contribution in [2.45, 2.75) is 44.1 Å². The molecule has 2 heterocycles. The summed E-state index contributed by atoms with van der Waals surface area (Å²) in [5.41, 5.74) is 3.78. The van der Waals surface area contributed by atoms with Gasteiger partial charge < -0.3 is 5.32 Å². The van der Waals surface area contributed by atoms with Crippen LogP contribution in [0.4, 0.5) is 5.82 Å². The Hall–Kier alpha value is -2.89. The van der Waals surface area contributed by atoms with Crippen LogP contribution < -0.4 is 5.32 Å². The first-order chi connectivity index (χ1) is 12.8. The number of hydrogen-bond acceptors (Lipinski definition) is 3. The molecule has 2 aliphatic rings. The number of carbonyl (C=O) groups is 1. The van der Waals surface area contributed by atoms with Crippen molar-refractivity contribution in [3.05, 3.63) is 54.0 Å². The first-order valence-corrected chi connectivity index (χ1v) is 9.29. The van der Waals surface area contributed by atoms with Crippen molar-refractivity contribution in [1.82, 2.24) is 20.0 Å². The van der Waals surface area contributed by atoms with E-state index >= 15 is 0 Å². The van der Waals surface area contributed by atoms with Crippen LogP contribution in [0.25, 0.3) is 11.1 Å². The van der Waals surface area contributed by atoms with Gasteiger partial charge in [-0.3, -0.25) is 14.6 Å². The Bertz CT molecular complexity index is 934. The van der Waals surface area contributed by atoms with E-state index in [9.17, 15) is 4.79 Å². The van der Waals surface area contributed by atoms with Crippen molar-refractivity contribution >= 4 is 11.7 Å². The van der Waals surface area contributed by atoms with Gasteiger partial charge in [-0.25, -0.2) is 0 Å². The van der Waals surface area contributed by atoms with Crippen LogP contribution >= 0.6 is 0 Å². The fourth-order valence-electron chi connectivity index (χ4n) is 3.50. The number of nitrogens with one attached hydrogen (secondary N) is 2. The Kier molecular flexibility index (Phi) is 3.62. The van der Waals surface area contributed by atoms with E-state index in [1.54, 1.807) is 6.20 Å². The number of hydrogen-bond donors (Lipinski definition) is 2. The minimum absolute atomic E-state index is 0.165. The van der Waals surface area contributed by atoms with Gasteiger partial charge in [0, 0.05) is 23.4 Å². The maximum atomic E-state index is 12.7. The van der Waals surface area contributed by atoms with Gasteiger partial charge in [0.25, 0.3) is 5.91 Å². The molecule has 3 aromatic rings. The molecule has 0 bridgehead atoms. The summed E-state index contributed by atoms with van der Waals surface area (Å²) in [6, 6.07) is 10.6. The maximum Gasteiger partial charge on any atom is 0.260 e. The van der Waals surface area contributed by atoms with Crippen LogP contribution in [0.5, 0.6) is 0 Å². The lowest BCUT2D eigenvalue weighted by atomic mass is 9.93. The third kappa shape index (κ3) is 2.71. The summed E-state index contributed by atoms with van der Waals surface area (Å²) >= 11 is 0. The Morgan fingerprint density at radius 2 is 1.96 bits per heavy atom. The molecular weight excluding hydrogens is 326 g/mol. The van der Waals surface area contributed by atoms with Gasteiger partial charge in [0.1, 0.15) is 0 Å². The average Bonchev–Trinajstić information content (AvgIpc) is 3.20. The lowest BCUT2D eigenvalue weighted by Gasteiger charge is -2.25. The van der Waals surface area contributed by atoms with Crippen LogP contribution in [-0.4, -0.2) is 25.9 Å². The molecule has 2 aliphatic carbocycles. The van der Waals surface area contributed by atoms with Crippen LogP contribution in [-0.2, 0) is 0 Å². The molecule has 0 spiro atoms. The minimum atomic E-state index is -0.165. The number of H-pyrrole nitrogens is 1. The standard InChI is InChI=1S/C20H21N5O/c26-20(15-11-21-25(12-15)16-7-4-8-16)22-19-17(13-5-2-1-3-6-13)18(23-24-19)14-9-10-14/h1-3,5-6,11-12,14,16H,4,7-10H2,(H2,22,23,24,26). The van der Waals surface area contributed by atoms with Gasteiger partial charge in [-0.15, -0.1) is 0 Å². The van der Waals surface area contributed by atoms with E-state index in [0.717, 1.165) is 29.7 Å². The number of amides is 1. The maximum absolute atomic E-state index is 12.7. The average molecular weight is 347 g/mol. The molecule has 2 N–H and O–H groups in total. The highest BCUT2D eigenvalue weighted by Gasteiger charge is 2.31. The molecule has 2 aromatic heterocycles. The highest BCUT2D eigenvalue weighted by Crippen LogP contribution is 2.45. The van der Waals surface area contributed by atoms with E-state index in [4.69, 9.17) is 0 Å². The minimum Gasteiger partial charge on any atom is -0.304 e. The predicted octanol–water partition coefficient (Wildman–Crippen LogP) is 4.13. The number of anilines is 1. The van der Waals surface area contributed by atoms with Gasteiger partial charge in [0.2, 0.25) is 0 Å². The number of carbonyl (C=O) groups excluding carboxylic acids is 1. The van der Waals surface area contributed by atoms with Crippen molar-refractivity contribution in [3.8, 4) is 11.1 Å². The summed E-state index contributed by atoms with van der Waals surface area (Å²) in [5, 5.41) is 14.9. The Labute approximate surface area is 151 Å². The molecule has 1 amide bonds. The fraction of sp³-hybridized carbons (Fsp3) is 0.350. The van der Waals surface area contributed by atoms with E-state index in [1.807, 2.05) is 29.1 Å². The van der Waals surface area contributed by atoms with Crippen LogP contribution in [0.3, 0.4) is 0 Å². The third-order valence-electron chi connectivity index (χ3n) is 5.39. The van der Waals surface area contributed by atoms with Gasteiger partial charge in [0.05, 0.1) is 17.8 Å². The molecule has 1 aromatic carbocycles. The molecule has 2 saturated carbocycles. The Morgan fingerprint density at radius 1 is 1.15 bits per heavy atom. The zero-order chi connectivity index (χ0) is 17.5. The summed E-state index contributed by atoms with van der Waals surface area (Å²) < 4.78 is 1.91. The number of aromatic nitrogens is 4. The summed E-state index contributed by atoms with van der Waals surface area (Å²) in [6.07, 6.45) is 9.35. The largest absolute Gasteiger partial charge is 0.304 e. The molecule has 2 fully saturated rings. The van der Waals surface area contributed by atoms with Crippen molar-refractivity contribution in [2.24, 2.45) is 0 Å². The third-order valence-corrected chi connectivity index (χ3v) is 5.39. The number of rotatable bonds is 5. The SMILES string of the molecule is O=C(Nc1n[nH]c(C2CC2)c1-c1ccccc1)c1cnn(C2CCC2)c1. The van der Waals surface area contributed by atoms with Crippen LogP contribution in [0, 0.1) is 0 Å². The Balaban J connectivity index is 1.43. The molecule has 132 valence electrons. The molecule has 26 heavy (non-hydrogen) atoms. The second-order valence-electron chi connectivity index (χ2n) is 7.25. The summed E-state index contributed by atoms with van der Waals surface area (Å²) in [4.78, 5) is 12.7. The summed E-state index contributed by atoms with van der Waals surface area (Å²) in [7, 11) is 0. The molecular formula is C20H21N5O. The zero-order valence-corrected chi connectivity index (χ0v) is 14.5. The quantitative estimate of drug-likeness (QED) is 0.729. The number of benzene rings is 1. The lowest BCUT2D eigenvalue weighted by Crippen LogP contribution is -2.17. The molecule has 6 heteroatoms. The highest BCUT2D eigenvalue weighted by atomic mass is 16.1. The highest BCUT2D eigenvalue weighted by molar-refractivity contribution is 6.05. The van der Waals surface area contributed by atoms with Crippen molar-refractivity contribution in [3.63, 3.8) is 0 Å². The van der Waals surface area contributed by atoms with Gasteiger partial charge in [-0.05, 0) is 37.7 Å². The first kappa shape index (κ1) is 15.4. The van der Waals surface area contributed by atoms with Gasteiger partial charge in [-0.2, -0.15) is 10.2 Å². The van der Waals surface area contributed by atoms with E-state index in [0.29, 0.717) is 23.3 Å². The van der Waals surface area contributed by atoms with E-state index in [2.05, 4.69) is 32.7 Å². The molecule has 6 nitrogen and oxygen atoms in total. The van der Waals surface area contributed by atoms with Crippen molar-refractivity contribution in [2.75, 3.05) is 5.32 Å². The van der Waals surface area contributed by atoms with Crippen LogP contribution in [0.15, 0.2) is 42.7 Å². The van der Waals surface area contributed by atoms with Gasteiger partial charge in [0.15, 0.2) is 5.82 Å². The van der Waals surface area contributed by atoms with Gasteiger partial charge >= 0.3 is 0 Å². The molecule has 0 unspecified atom stereocenters. The smallest absolute Gasteiger partial charge is 0.260 e. The molecule has 0 saturated heterocycles. The van der Waals surface area contributed by atoms with Crippen molar-refractivity contribution in [1.29, 1.82) is 0 Å². The second-order valence-corrected chi connectivity index (χ2v) is 7.25. The predicted molar refractivity (Wildman–Crippen MR) is 99.1 cm³/mol. The normalized spacial score (nSPS) is 17.1. The summed E-state index contributed by atoms with van der Waals surface area (Å²) in [6.45, 7) is 0. The molecule has 5 rings (SSSR count). The van der Waals surface area contributed by atoms with E-state index in [-0.39, 0.29) is 5.91 Å². The number of aromatic amines is 1. The zero-order valence-electron chi connectivity index (χ0n) is 14.5. The summed E-state index contributed by atoms with van der Waals surface area (Å²) in [5.74, 6) is 0.950. The number of nitrogens with zero attached hydrogens (tertiary/aromatic N) is 3. The van der Waals surface area contributed by atoms with Crippen LogP contribution in [0.1, 0.15) is 60.1 Å². The topological polar surface area (TPSA) is 75.6 Å². The van der Waals surface area contributed by atoms with E-state index < -0.39 is 0 Å². The van der Waals surface area contributed by atoms with Crippen LogP contribution in [0.2, 0.25) is 0 Å². The Morgan fingerprint density at radius 3 is 2.65 bits per heavy atom. The molecule has 0 atom stereocenters.